The molecule has 1 aliphatic rings. The summed E-state index contributed by atoms with van der Waals surface area (Å²) in [6.07, 6.45) is 3.17. The van der Waals surface area contributed by atoms with E-state index >= 15 is 0 Å². The third kappa shape index (κ3) is 3.68. The van der Waals surface area contributed by atoms with Gasteiger partial charge in [-0.2, -0.15) is 0 Å². The standard InChI is InChI=1S/C13H26N2O2/c1-5-13(2,12(16)17)10-14(3)9-11-7-6-8-15(11)4/h11H,5-10H2,1-4H3,(H,16,17). The van der Waals surface area contributed by atoms with Gasteiger partial charge in [-0.25, -0.2) is 0 Å². The molecule has 0 bridgehead atoms. The fourth-order valence-electron chi connectivity index (χ4n) is 2.56. The molecule has 2 atom stereocenters. The molecule has 0 radical (unpaired) electrons. The van der Waals surface area contributed by atoms with Crippen LogP contribution in [0.3, 0.4) is 0 Å². The third-order valence-electron chi connectivity index (χ3n) is 4.11. The Morgan fingerprint density at radius 1 is 1.59 bits per heavy atom. The first-order valence-electron chi connectivity index (χ1n) is 6.51. The fraction of sp³-hybridized carbons (Fsp3) is 0.923. The molecule has 1 fully saturated rings. The SMILES string of the molecule is CCC(C)(CN(C)CC1CCCN1C)C(=O)O. The monoisotopic (exact) mass is 242 g/mol. The molecule has 0 aromatic carbocycles. The van der Waals surface area contributed by atoms with E-state index in [1.807, 2.05) is 20.9 Å². The summed E-state index contributed by atoms with van der Waals surface area (Å²) in [5, 5.41) is 9.26. The molecule has 1 N–H and O–H groups in total. The van der Waals surface area contributed by atoms with Crippen LogP contribution in [-0.4, -0.2) is 60.6 Å². The molecule has 0 spiro atoms. The van der Waals surface area contributed by atoms with Crippen molar-refractivity contribution in [3.05, 3.63) is 0 Å². The van der Waals surface area contributed by atoms with E-state index in [0.717, 1.165) is 6.54 Å². The fourth-order valence-corrected chi connectivity index (χ4v) is 2.56. The molecule has 1 saturated heterocycles. The second-order valence-corrected chi connectivity index (χ2v) is 5.69. The lowest BCUT2D eigenvalue weighted by Gasteiger charge is -2.32. The summed E-state index contributed by atoms with van der Waals surface area (Å²) >= 11 is 0. The summed E-state index contributed by atoms with van der Waals surface area (Å²) in [7, 11) is 4.19. The molecule has 0 saturated carbocycles. The predicted molar refractivity (Wildman–Crippen MR) is 69.2 cm³/mol. The van der Waals surface area contributed by atoms with Crippen LogP contribution in [0.5, 0.6) is 0 Å². The van der Waals surface area contributed by atoms with Gasteiger partial charge in [-0.05, 0) is 46.8 Å². The average molecular weight is 242 g/mol. The maximum atomic E-state index is 11.3. The van der Waals surface area contributed by atoms with Crippen molar-refractivity contribution < 1.29 is 9.90 Å². The van der Waals surface area contributed by atoms with Crippen molar-refractivity contribution in [1.82, 2.24) is 9.80 Å². The van der Waals surface area contributed by atoms with Gasteiger partial charge in [0.15, 0.2) is 0 Å². The lowest BCUT2D eigenvalue weighted by atomic mass is 9.87. The Balaban J connectivity index is 2.48. The van der Waals surface area contributed by atoms with Gasteiger partial charge >= 0.3 is 5.97 Å². The summed E-state index contributed by atoms with van der Waals surface area (Å²) in [6, 6.07) is 0.593. The molecule has 4 heteroatoms. The summed E-state index contributed by atoms with van der Waals surface area (Å²) in [4.78, 5) is 15.8. The normalized spacial score (nSPS) is 25.1. The Hall–Kier alpha value is -0.610. The van der Waals surface area contributed by atoms with Crippen molar-refractivity contribution in [2.45, 2.75) is 39.2 Å². The van der Waals surface area contributed by atoms with Gasteiger partial charge in [-0.1, -0.05) is 6.92 Å². The molecular formula is C13H26N2O2. The maximum absolute atomic E-state index is 11.3. The van der Waals surface area contributed by atoms with E-state index in [4.69, 9.17) is 0 Å². The Kier molecular flexibility index (Phi) is 4.95. The Morgan fingerprint density at radius 3 is 2.65 bits per heavy atom. The van der Waals surface area contributed by atoms with Crippen LogP contribution in [0.15, 0.2) is 0 Å². The highest BCUT2D eigenvalue weighted by Gasteiger charge is 2.33. The number of carbonyl (C=O) groups is 1. The van der Waals surface area contributed by atoms with E-state index < -0.39 is 11.4 Å². The number of hydrogen-bond acceptors (Lipinski definition) is 3. The minimum Gasteiger partial charge on any atom is -0.481 e. The Labute approximate surface area is 105 Å². The lowest BCUT2D eigenvalue weighted by molar-refractivity contribution is -0.149. The van der Waals surface area contributed by atoms with Crippen molar-refractivity contribution in [2.75, 3.05) is 33.7 Å². The van der Waals surface area contributed by atoms with Crippen LogP contribution in [0.4, 0.5) is 0 Å². The highest BCUT2D eigenvalue weighted by atomic mass is 16.4. The number of carboxylic acids is 1. The second kappa shape index (κ2) is 5.83. The number of carboxylic acid groups (broad SMARTS) is 1. The van der Waals surface area contributed by atoms with Gasteiger partial charge < -0.3 is 14.9 Å². The first-order chi connectivity index (χ1) is 7.89. The molecule has 0 aliphatic carbocycles. The number of likely N-dealkylation sites (tertiary alicyclic amines) is 1. The second-order valence-electron chi connectivity index (χ2n) is 5.69. The van der Waals surface area contributed by atoms with E-state index in [2.05, 4.69) is 16.8 Å². The minimum absolute atomic E-state index is 0.593. The summed E-state index contributed by atoms with van der Waals surface area (Å²) in [6.45, 7) is 6.55. The molecule has 100 valence electrons. The summed E-state index contributed by atoms with van der Waals surface area (Å²) < 4.78 is 0. The van der Waals surface area contributed by atoms with Crippen molar-refractivity contribution in [2.24, 2.45) is 5.41 Å². The van der Waals surface area contributed by atoms with Gasteiger partial charge in [0.2, 0.25) is 0 Å². The molecule has 17 heavy (non-hydrogen) atoms. The number of nitrogens with zero attached hydrogens (tertiary/aromatic N) is 2. The molecule has 0 aromatic rings. The lowest BCUT2D eigenvalue weighted by Crippen LogP contribution is -2.44. The van der Waals surface area contributed by atoms with Crippen molar-refractivity contribution in [1.29, 1.82) is 0 Å². The highest BCUT2D eigenvalue weighted by Crippen LogP contribution is 2.23. The van der Waals surface area contributed by atoms with Crippen LogP contribution in [-0.2, 0) is 4.79 Å². The van der Waals surface area contributed by atoms with Crippen LogP contribution >= 0.6 is 0 Å². The number of hydrogen-bond donors (Lipinski definition) is 1. The highest BCUT2D eigenvalue weighted by molar-refractivity contribution is 5.74. The number of aliphatic carboxylic acids is 1. The molecule has 2 unspecified atom stereocenters. The Morgan fingerprint density at radius 2 is 2.24 bits per heavy atom. The van der Waals surface area contributed by atoms with Gasteiger partial charge in [0, 0.05) is 19.1 Å². The zero-order chi connectivity index (χ0) is 13.1. The smallest absolute Gasteiger partial charge is 0.310 e. The molecule has 1 heterocycles. The minimum atomic E-state index is -0.688. The Bertz CT molecular complexity index is 270. The van der Waals surface area contributed by atoms with Gasteiger partial charge in [0.25, 0.3) is 0 Å². The topological polar surface area (TPSA) is 43.8 Å². The first kappa shape index (κ1) is 14.5. The van der Waals surface area contributed by atoms with Crippen LogP contribution in [0.2, 0.25) is 0 Å². The molecule has 1 rings (SSSR count). The molecule has 1 aliphatic heterocycles. The van der Waals surface area contributed by atoms with E-state index in [1.165, 1.54) is 19.4 Å². The number of rotatable bonds is 6. The first-order valence-corrected chi connectivity index (χ1v) is 6.51. The van der Waals surface area contributed by atoms with Gasteiger partial charge in [-0.15, -0.1) is 0 Å². The van der Waals surface area contributed by atoms with Crippen LogP contribution in [0.1, 0.15) is 33.1 Å². The van der Waals surface area contributed by atoms with E-state index in [1.54, 1.807) is 0 Å². The van der Waals surface area contributed by atoms with E-state index in [9.17, 15) is 9.90 Å². The van der Waals surface area contributed by atoms with Gasteiger partial charge in [0.1, 0.15) is 0 Å². The van der Waals surface area contributed by atoms with E-state index in [-0.39, 0.29) is 0 Å². The number of likely N-dealkylation sites (N-methyl/N-ethyl adjacent to an activating group) is 2. The zero-order valence-electron chi connectivity index (χ0n) is 11.6. The predicted octanol–water partition coefficient (Wildman–Crippen LogP) is 1.51. The molecule has 0 amide bonds. The van der Waals surface area contributed by atoms with Crippen LogP contribution < -0.4 is 0 Å². The van der Waals surface area contributed by atoms with Crippen molar-refractivity contribution in [3.8, 4) is 0 Å². The average Bonchev–Trinajstić information content (AvgIpc) is 2.63. The van der Waals surface area contributed by atoms with Crippen molar-refractivity contribution in [3.63, 3.8) is 0 Å². The maximum Gasteiger partial charge on any atom is 0.310 e. The largest absolute Gasteiger partial charge is 0.481 e. The van der Waals surface area contributed by atoms with Crippen molar-refractivity contribution >= 4 is 5.97 Å². The third-order valence-corrected chi connectivity index (χ3v) is 4.11. The summed E-state index contributed by atoms with van der Waals surface area (Å²) in [5.41, 5.74) is -0.619. The quantitative estimate of drug-likeness (QED) is 0.767. The van der Waals surface area contributed by atoms with Gasteiger partial charge in [-0.3, -0.25) is 4.79 Å². The molecule has 4 nitrogen and oxygen atoms in total. The van der Waals surface area contributed by atoms with Crippen LogP contribution in [0.25, 0.3) is 0 Å². The van der Waals surface area contributed by atoms with Gasteiger partial charge in [0.05, 0.1) is 5.41 Å². The molecular weight excluding hydrogens is 216 g/mol. The summed E-state index contributed by atoms with van der Waals surface area (Å²) in [5.74, 6) is -0.688. The molecule has 0 aromatic heterocycles. The van der Waals surface area contributed by atoms with Crippen LogP contribution in [0, 0.1) is 5.41 Å². The zero-order valence-corrected chi connectivity index (χ0v) is 11.6. The van der Waals surface area contributed by atoms with E-state index in [0.29, 0.717) is 19.0 Å².